The molecule has 0 saturated heterocycles. The summed E-state index contributed by atoms with van der Waals surface area (Å²) in [5.41, 5.74) is 3.18. The van der Waals surface area contributed by atoms with Gasteiger partial charge in [-0.3, -0.25) is 4.79 Å². The van der Waals surface area contributed by atoms with Crippen LogP contribution in [-0.2, 0) is 16.6 Å². The van der Waals surface area contributed by atoms with Gasteiger partial charge in [0.15, 0.2) is 0 Å². The van der Waals surface area contributed by atoms with Gasteiger partial charge in [-0.2, -0.15) is 0 Å². The summed E-state index contributed by atoms with van der Waals surface area (Å²) in [7, 11) is 0. The van der Waals surface area contributed by atoms with E-state index in [4.69, 9.17) is 0 Å². The second-order valence-electron chi connectivity index (χ2n) is 7.22. The van der Waals surface area contributed by atoms with Crippen molar-refractivity contribution in [3.63, 3.8) is 0 Å². The lowest BCUT2D eigenvalue weighted by molar-refractivity contribution is -0.115. The minimum absolute atomic E-state index is 0.0628. The highest BCUT2D eigenvalue weighted by molar-refractivity contribution is 7.13. The molecule has 1 heterocycles. The lowest BCUT2D eigenvalue weighted by atomic mass is 9.87. The number of aromatic nitrogens is 1. The molecule has 5 heteroatoms. The Hall–Kier alpha value is -2.66. The highest BCUT2D eigenvalue weighted by Crippen LogP contribution is 2.31. The lowest BCUT2D eigenvalue weighted by Crippen LogP contribution is -2.16. The standard InChI is InChI=1S/C21H22N2O2S/c1-21(2,3)15-9-10-18(24)17(11-15)23-19(25)12-16-13-26-20(22-16)14-7-5-4-6-8-14/h4-11,13,24H,12H2,1-3H3,(H,23,25). The normalized spacial score (nSPS) is 11.3. The summed E-state index contributed by atoms with van der Waals surface area (Å²) in [6, 6.07) is 15.2. The number of hydrogen-bond donors (Lipinski definition) is 2. The van der Waals surface area contributed by atoms with E-state index < -0.39 is 0 Å². The highest BCUT2D eigenvalue weighted by Gasteiger charge is 2.17. The quantitative estimate of drug-likeness (QED) is 0.639. The Morgan fingerprint density at radius 1 is 1.15 bits per heavy atom. The molecule has 3 aromatic rings. The summed E-state index contributed by atoms with van der Waals surface area (Å²) >= 11 is 1.52. The van der Waals surface area contributed by atoms with E-state index in [2.05, 4.69) is 31.1 Å². The molecule has 1 aromatic heterocycles. The van der Waals surface area contributed by atoms with Gasteiger partial charge < -0.3 is 10.4 Å². The second kappa shape index (κ2) is 7.30. The fourth-order valence-electron chi connectivity index (χ4n) is 2.56. The third-order valence-corrected chi connectivity index (χ3v) is 4.99. The molecule has 0 bridgehead atoms. The molecule has 3 rings (SSSR count). The number of nitrogens with one attached hydrogen (secondary N) is 1. The van der Waals surface area contributed by atoms with Gasteiger partial charge in [-0.05, 0) is 23.1 Å². The van der Waals surface area contributed by atoms with E-state index in [0.717, 1.165) is 21.8 Å². The number of rotatable bonds is 4. The number of phenols is 1. The van der Waals surface area contributed by atoms with E-state index in [-0.39, 0.29) is 23.5 Å². The number of nitrogens with zero attached hydrogens (tertiary/aromatic N) is 1. The Morgan fingerprint density at radius 3 is 2.58 bits per heavy atom. The molecule has 0 unspecified atom stereocenters. The minimum atomic E-state index is -0.198. The molecular weight excluding hydrogens is 344 g/mol. The number of carbonyl (C=O) groups is 1. The van der Waals surface area contributed by atoms with Gasteiger partial charge >= 0.3 is 0 Å². The molecule has 0 aliphatic heterocycles. The van der Waals surface area contributed by atoms with E-state index in [1.807, 2.05) is 47.8 Å². The van der Waals surface area contributed by atoms with Crippen molar-refractivity contribution >= 4 is 22.9 Å². The van der Waals surface area contributed by atoms with Crippen molar-refractivity contribution in [2.24, 2.45) is 0 Å². The maximum atomic E-state index is 12.4. The number of phenolic OH excluding ortho intramolecular Hbond substituents is 1. The van der Waals surface area contributed by atoms with Crippen LogP contribution in [0.1, 0.15) is 32.0 Å². The topological polar surface area (TPSA) is 62.2 Å². The van der Waals surface area contributed by atoms with Gasteiger partial charge in [0, 0.05) is 10.9 Å². The number of hydrogen-bond acceptors (Lipinski definition) is 4. The Labute approximate surface area is 157 Å². The molecular formula is C21H22N2O2S. The van der Waals surface area contributed by atoms with Crippen molar-refractivity contribution in [2.45, 2.75) is 32.6 Å². The summed E-state index contributed by atoms with van der Waals surface area (Å²) in [5, 5.41) is 15.6. The van der Waals surface area contributed by atoms with Gasteiger partial charge in [-0.25, -0.2) is 4.98 Å². The highest BCUT2D eigenvalue weighted by atomic mass is 32.1. The number of anilines is 1. The second-order valence-corrected chi connectivity index (χ2v) is 8.08. The molecule has 4 nitrogen and oxygen atoms in total. The summed E-state index contributed by atoms with van der Waals surface area (Å²) in [5.74, 6) is -0.133. The molecule has 1 amide bonds. The maximum Gasteiger partial charge on any atom is 0.230 e. The van der Waals surface area contributed by atoms with Crippen molar-refractivity contribution in [2.75, 3.05) is 5.32 Å². The first-order chi connectivity index (χ1) is 12.3. The van der Waals surface area contributed by atoms with Gasteiger partial charge in [0.05, 0.1) is 17.8 Å². The number of aromatic hydroxyl groups is 1. The maximum absolute atomic E-state index is 12.4. The molecule has 0 radical (unpaired) electrons. The van der Waals surface area contributed by atoms with Crippen LogP contribution in [-0.4, -0.2) is 16.0 Å². The molecule has 0 aliphatic rings. The van der Waals surface area contributed by atoms with Gasteiger partial charge in [0.2, 0.25) is 5.91 Å². The molecule has 26 heavy (non-hydrogen) atoms. The Morgan fingerprint density at radius 2 is 1.88 bits per heavy atom. The molecule has 0 spiro atoms. The van der Waals surface area contributed by atoms with Crippen LogP contribution in [0.25, 0.3) is 10.6 Å². The average molecular weight is 366 g/mol. The SMILES string of the molecule is CC(C)(C)c1ccc(O)c(NC(=O)Cc2csc(-c3ccccc3)n2)c1. The largest absolute Gasteiger partial charge is 0.506 e. The van der Waals surface area contributed by atoms with Crippen molar-refractivity contribution < 1.29 is 9.90 Å². The Bertz CT molecular complexity index is 911. The first kappa shape index (κ1) is 18.1. The molecule has 2 aromatic carbocycles. The molecule has 2 N–H and O–H groups in total. The van der Waals surface area contributed by atoms with E-state index in [9.17, 15) is 9.90 Å². The third-order valence-electron chi connectivity index (χ3n) is 4.05. The lowest BCUT2D eigenvalue weighted by Gasteiger charge is -2.20. The van der Waals surface area contributed by atoms with E-state index >= 15 is 0 Å². The monoisotopic (exact) mass is 366 g/mol. The Kier molecular flexibility index (Phi) is 5.09. The van der Waals surface area contributed by atoms with Crippen molar-refractivity contribution in [3.05, 3.63) is 65.2 Å². The number of thiazole rings is 1. The van der Waals surface area contributed by atoms with Gasteiger partial charge in [-0.15, -0.1) is 11.3 Å². The van der Waals surface area contributed by atoms with E-state index in [0.29, 0.717) is 5.69 Å². The average Bonchev–Trinajstić information content (AvgIpc) is 3.05. The molecule has 0 aliphatic carbocycles. The van der Waals surface area contributed by atoms with Gasteiger partial charge in [0.1, 0.15) is 10.8 Å². The molecule has 134 valence electrons. The summed E-state index contributed by atoms with van der Waals surface area (Å²) in [6.45, 7) is 6.27. The zero-order valence-corrected chi connectivity index (χ0v) is 15.9. The zero-order chi connectivity index (χ0) is 18.7. The number of benzene rings is 2. The van der Waals surface area contributed by atoms with Gasteiger partial charge in [0.25, 0.3) is 0 Å². The number of amides is 1. The van der Waals surface area contributed by atoms with Crippen LogP contribution in [0.2, 0.25) is 0 Å². The molecule has 0 saturated carbocycles. The predicted octanol–water partition coefficient (Wildman–Crippen LogP) is 4.99. The Balaban J connectivity index is 1.71. The van der Waals surface area contributed by atoms with Crippen LogP contribution in [0.3, 0.4) is 0 Å². The van der Waals surface area contributed by atoms with E-state index in [1.54, 1.807) is 6.07 Å². The van der Waals surface area contributed by atoms with Crippen LogP contribution in [0.4, 0.5) is 5.69 Å². The fraction of sp³-hybridized carbons (Fsp3) is 0.238. The van der Waals surface area contributed by atoms with Crippen LogP contribution >= 0.6 is 11.3 Å². The molecule has 0 atom stereocenters. The third kappa shape index (κ3) is 4.29. The minimum Gasteiger partial charge on any atom is -0.506 e. The summed E-state index contributed by atoms with van der Waals surface area (Å²) in [6.07, 6.45) is 0.169. The number of carbonyl (C=O) groups excluding carboxylic acids is 1. The van der Waals surface area contributed by atoms with Crippen molar-refractivity contribution in [1.29, 1.82) is 0 Å². The van der Waals surface area contributed by atoms with Crippen molar-refractivity contribution in [1.82, 2.24) is 4.98 Å². The van der Waals surface area contributed by atoms with Crippen LogP contribution in [0.15, 0.2) is 53.9 Å². The summed E-state index contributed by atoms with van der Waals surface area (Å²) in [4.78, 5) is 16.9. The zero-order valence-electron chi connectivity index (χ0n) is 15.1. The van der Waals surface area contributed by atoms with Crippen LogP contribution in [0.5, 0.6) is 5.75 Å². The van der Waals surface area contributed by atoms with Crippen LogP contribution < -0.4 is 5.32 Å². The van der Waals surface area contributed by atoms with Crippen molar-refractivity contribution in [3.8, 4) is 16.3 Å². The van der Waals surface area contributed by atoms with Crippen LogP contribution in [0, 0.1) is 0 Å². The first-order valence-corrected chi connectivity index (χ1v) is 9.34. The first-order valence-electron chi connectivity index (χ1n) is 8.46. The summed E-state index contributed by atoms with van der Waals surface area (Å²) < 4.78 is 0. The fourth-order valence-corrected chi connectivity index (χ4v) is 3.39. The molecule has 0 fully saturated rings. The van der Waals surface area contributed by atoms with E-state index in [1.165, 1.54) is 11.3 Å². The smallest absolute Gasteiger partial charge is 0.230 e. The predicted molar refractivity (Wildman–Crippen MR) is 107 cm³/mol. The van der Waals surface area contributed by atoms with Gasteiger partial charge in [-0.1, -0.05) is 57.2 Å².